The van der Waals surface area contributed by atoms with Gasteiger partial charge in [-0.15, -0.1) is 0 Å². The van der Waals surface area contributed by atoms with Crippen LogP contribution in [0.25, 0.3) is 0 Å². The van der Waals surface area contributed by atoms with Gasteiger partial charge >= 0.3 is 5.97 Å². The van der Waals surface area contributed by atoms with Crippen LogP contribution in [0.5, 0.6) is 0 Å². The molecule has 0 amide bonds. The molecule has 0 radical (unpaired) electrons. The number of likely N-dealkylation sites (N-methyl/N-ethyl adjacent to an activating group) is 1. The van der Waals surface area contributed by atoms with Crippen LogP contribution in [0.1, 0.15) is 25.7 Å². The van der Waals surface area contributed by atoms with Gasteiger partial charge in [-0.1, -0.05) is 0 Å². The van der Waals surface area contributed by atoms with E-state index in [1.54, 1.807) is 0 Å². The Bertz CT molecular complexity index is 220. The van der Waals surface area contributed by atoms with Crippen LogP contribution in [0.15, 0.2) is 0 Å². The topological polar surface area (TPSA) is 52.6 Å². The first kappa shape index (κ1) is 9.93. The number of nitrogens with zero attached hydrogens (tertiary/aromatic N) is 1. The molecule has 4 heteroatoms. The average Bonchev–Trinajstić information content (AvgIpc) is 2.44. The summed E-state index contributed by atoms with van der Waals surface area (Å²) in [7, 11) is 1.92. The van der Waals surface area contributed by atoms with Crippen LogP contribution in [0.3, 0.4) is 0 Å². The van der Waals surface area contributed by atoms with Gasteiger partial charge in [0, 0.05) is 18.1 Å². The molecule has 0 aromatic heterocycles. The van der Waals surface area contributed by atoms with E-state index in [0.717, 1.165) is 12.8 Å². The average molecular weight is 198 g/mol. The normalized spacial score (nSPS) is 36.3. The second kappa shape index (κ2) is 3.87. The van der Waals surface area contributed by atoms with Crippen molar-refractivity contribution >= 4 is 5.97 Å². The lowest BCUT2D eigenvalue weighted by molar-refractivity contribution is -0.138. The SMILES string of the molecule is CN(CC(=O)O)C1CC2CCC(C1)N2. The number of carboxylic acids is 1. The molecule has 2 rings (SSSR count). The number of carbonyl (C=O) groups is 1. The molecular formula is C10H18N2O2. The van der Waals surface area contributed by atoms with Crippen LogP contribution in [0, 0.1) is 0 Å². The molecule has 2 atom stereocenters. The molecule has 4 nitrogen and oxygen atoms in total. The Hall–Kier alpha value is -0.610. The minimum atomic E-state index is -0.724. The lowest BCUT2D eigenvalue weighted by Crippen LogP contribution is -2.48. The molecule has 0 saturated carbocycles. The van der Waals surface area contributed by atoms with Crippen molar-refractivity contribution in [1.29, 1.82) is 0 Å². The van der Waals surface area contributed by atoms with Crippen molar-refractivity contribution in [3.8, 4) is 0 Å². The zero-order valence-electron chi connectivity index (χ0n) is 8.57. The van der Waals surface area contributed by atoms with E-state index in [-0.39, 0.29) is 6.54 Å². The highest BCUT2D eigenvalue weighted by atomic mass is 16.4. The molecule has 2 heterocycles. The largest absolute Gasteiger partial charge is 0.480 e. The zero-order chi connectivity index (χ0) is 10.1. The van der Waals surface area contributed by atoms with Crippen molar-refractivity contribution in [3.05, 3.63) is 0 Å². The number of piperidine rings is 1. The van der Waals surface area contributed by atoms with Gasteiger partial charge in [-0.05, 0) is 32.7 Å². The highest BCUT2D eigenvalue weighted by molar-refractivity contribution is 5.69. The minimum absolute atomic E-state index is 0.171. The summed E-state index contributed by atoms with van der Waals surface area (Å²) in [5.41, 5.74) is 0. The first-order valence-electron chi connectivity index (χ1n) is 5.33. The summed E-state index contributed by atoms with van der Waals surface area (Å²) in [5.74, 6) is -0.724. The zero-order valence-corrected chi connectivity index (χ0v) is 8.57. The Kier molecular flexibility index (Phi) is 2.74. The maximum Gasteiger partial charge on any atom is 0.317 e. The highest BCUT2D eigenvalue weighted by Gasteiger charge is 2.35. The standard InChI is InChI=1S/C10H18N2O2/c1-12(6-10(13)14)9-4-7-2-3-8(5-9)11-7/h7-9,11H,2-6H2,1H3,(H,13,14). The van der Waals surface area contributed by atoms with Gasteiger partial charge in [0.05, 0.1) is 6.54 Å². The number of carboxylic acid groups (broad SMARTS) is 1. The first-order valence-corrected chi connectivity index (χ1v) is 5.33. The fourth-order valence-electron chi connectivity index (χ4n) is 2.73. The number of hydrogen-bond donors (Lipinski definition) is 2. The third-order valence-corrected chi connectivity index (χ3v) is 3.46. The maximum atomic E-state index is 10.6. The number of hydrogen-bond acceptors (Lipinski definition) is 3. The number of nitrogens with one attached hydrogen (secondary N) is 1. The number of fused-ring (bicyclic) bond motifs is 2. The van der Waals surface area contributed by atoms with Crippen molar-refractivity contribution in [2.45, 2.75) is 43.8 Å². The van der Waals surface area contributed by atoms with Crippen LogP contribution in [0.4, 0.5) is 0 Å². The summed E-state index contributed by atoms with van der Waals surface area (Å²) >= 11 is 0. The summed E-state index contributed by atoms with van der Waals surface area (Å²) in [6, 6.07) is 1.73. The molecule has 80 valence electrons. The molecule has 14 heavy (non-hydrogen) atoms. The second-order valence-electron chi connectivity index (χ2n) is 4.57. The summed E-state index contributed by atoms with van der Waals surface area (Å²) in [5, 5.41) is 12.3. The molecule has 2 bridgehead atoms. The molecule has 2 N–H and O–H groups in total. The van der Waals surface area contributed by atoms with Crippen molar-refractivity contribution < 1.29 is 9.90 Å². The van der Waals surface area contributed by atoms with E-state index < -0.39 is 5.97 Å². The van der Waals surface area contributed by atoms with Crippen LogP contribution in [0.2, 0.25) is 0 Å². The lowest BCUT2D eigenvalue weighted by atomic mass is 9.99. The van der Waals surface area contributed by atoms with Crippen LogP contribution >= 0.6 is 0 Å². The molecule has 2 aliphatic heterocycles. The van der Waals surface area contributed by atoms with E-state index in [1.165, 1.54) is 12.8 Å². The summed E-state index contributed by atoms with van der Waals surface area (Å²) in [6.07, 6.45) is 4.75. The predicted molar refractivity (Wildman–Crippen MR) is 53.2 cm³/mol. The van der Waals surface area contributed by atoms with Crippen LogP contribution < -0.4 is 5.32 Å². The monoisotopic (exact) mass is 198 g/mol. The third kappa shape index (κ3) is 2.07. The molecule has 0 aliphatic carbocycles. The van der Waals surface area contributed by atoms with E-state index in [4.69, 9.17) is 5.11 Å². The van der Waals surface area contributed by atoms with E-state index in [9.17, 15) is 4.79 Å². The van der Waals surface area contributed by atoms with Gasteiger partial charge in [0.25, 0.3) is 0 Å². The van der Waals surface area contributed by atoms with Gasteiger partial charge in [-0.25, -0.2) is 0 Å². The van der Waals surface area contributed by atoms with Gasteiger partial charge in [-0.3, -0.25) is 9.69 Å². The number of aliphatic carboxylic acids is 1. The summed E-state index contributed by atoms with van der Waals surface area (Å²) in [6.45, 7) is 0.171. The summed E-state index contributed by atoms with van der Waals surface area (Å²) < 4.78 is 0. The van der Waals surface area contributed by atoms with Crippen LogP contribution in [-0.2, 0) is 4.79 Å². The maximum absolute atomic E-state index is 10.6. The highest BCUT2D eigenvalue weighted by Crippen LogP contribution is 2.28. The molecule has 2 aliphatic rings. The van der Waals surface area contributed by atoms with Gasteiger partial charge in [0.1, 0.15) is 0 Å². The van der Waals surface area contributed by atoms with Gasteiger partial charge in [-0.2, -0.15) is 0 Å². The molecule has 2 fully saturated rings. The second-order valence-corrected chi connectivity index (χ2v) is 4.57. The van der Waals surface area contributed by atoms with Gasteiger partial charge < -0.3 is 10.4 Å². The summed E-state index contributed by atoms with van der Waals surface area (Å²) in [4.78, 5) is 12.6. The first-order chi connectivity index (χ1) is 6.65. The molecule has 0 spiro atoms. The number of rotatable bonds is 3. The molecule has 0 aromatic carbocycles. The Morgan fingerprint density at radius 2 is 2.00 bits per heavy atom. The van der Waals surface area contributed by atoms with E-state index >= 15 is 0 Å². The molecule has 2 unspecified atom stereocenters. The Morgan fingerprint density at radius 3 is 2.50 bits per heavy atom. The molecule has 2 saturated heterocycles. The van der Waals surface area contributed by atoms with Gasteiger partial charge in [0.15, 0.2) is 0 Å². The fraction of sp³-hybridized carbons (Fsp3) is 0.900. The molecule has 0 aromatic rings. The van der Waals surface area contributed by atoms with E-state index in [0.29, 0.717) is 18.1 Å². The Labute approximate surface area is 84.3 Å². The van der Waals surface area contributed by atoms with Crippen molar-refractivity contribution in [2.75, 3.05) is 13.6 Å². The van der Waals surface area contributed by atoms with E-state index in [2.05, 4.69) is 5.32 Å². The lowest BCUT2D eigenvalue weighted by Gasteiger charge is -2.34. The van der Waals surface area contributed by atoms with E-state index in [1.807, 2.05) is 11.9 Å². The van der Waals surface area contributed by atoms with Crippen molar-refractivity contribution in [1.82, 2.24) is 10.2 Å². The van der Waals surface area contributed by atoms with Gasteiger partial charge in [0.2, 0.25) is 0 Å². The fourth-order valence-corrected chi connectivity index (χ4v) is 2.73. The van der Waals surface area contributed by atoms with Crippen molar-refractivity contribution in [3.63, 3.8) is 0 Å². The smallest absolute Gasteiger partial charge is 0.317 e. The molecular weight excluding hydrogens is 180 g/mol. The van der Waals surface area contributed by atoms with Crippen LogP contribution in [-0.4, -0.2) is 47.7 Å². The Morgan fingerprint density at radius 1 is 1.43 bits per heavy atom. The third-order valence-electron chi connectivity index (χ3n) is 3.46. The predicted octanol–water partition coefficient (Wildman–Crippen LogP) is 0.286. The quantitative estimate of drug-likeness (QED) is 0.684. The Balaban J connectivity index is 1.89. The van der Waals surface area contributed by atoms with Crippen molar-refractivity contribution in [2.24, 2.45) is 0 Å². The minimum Gasteiger partial charge on any atom is -0.480 e.